The Morgan fingerprint density at radius 3 is 2.65 bits per heavy atom. The van der Waals surface area contributed by atoms with Crippen LogP contribution < -0.4 is 0 Å². The van der Waals surface area contributed by atoms with Crippen molar-refractivity contribution in [3.05, 3.63) is 66.4 Å². The van der Waals surface area contributed by atoms with Crippen LogP contribution in [0.25, 0.3) is 16.3 Å². The summed E-state index contributed by atoms with van der Waals surface area (Å²) in [5, 5.41) is 2.63. The van der Waals surface area contributed by atoms with Gasteiger partial charge in [-0.15, -0.1) is 0 Å². The second kappa shape index (κ2) is 4.10. The van der Waals surface area contributed by atoms with Crippen molar-refractivity contribution < 1.29 is 0 Å². The van der Waals surface area contributed by atoms with Gasteiger partial charge in [-0.05, 0) is 34.2 Å². The first-order chi connectivity index (χ1) is 8.34. The van der Waals surface area contributed by atoms with E-state index in [1.807, 2.05) is 0 Å². The van der Waals surface area contributed by atoms with Gasteiger partial charge in [0.15, 0.2) is 0 Å². The summed E-state index contributed by atoms with van der Waals surface area (Å²) in [7, 11) is 2.09. The largest absolute Gasteiger partial charge is 0.377 e. The van der Waals surface area contributed by atoms with Crippen molar-refractivity contribution in [3.63, 3.8) is 0 Å². The van der Waals surface area contributed by atoms with E-state index in [1.165, 1.54) is 21.9 Å². The predicted molar refractivity (Wildman–Crippen MR) is 73.7 cm³/mol. The van der Waals surface area contributed by atoms with Crippen molar-refractivity contribution in [3.8, 4) is 0 Å². The summed E-state index contributed by atoms with van der Waals surface area (Å²) in [4.78, 5) is 2.18. The fourth-order valence-corrected chi connectivity index (χ4v) is 2.26. The molecule has 17 heavy (non-hydrogen) atoms. The Bertz CT molecular complexity index is 602. The maximum atomic E-state index is 2.28. The summed E-state index contributed by atoms with van der Waals surface area (Å²) in [6.07, 6.45) is 6.60. The number of rotatable bonds is 1. The number of nitrogens with zero attached hydrogens (tertiary/aromatic N) is 1. The summed E-state index contributed by atoms with van der Waals surface area (Å²) < 4.78 is 0. The van der Waals surface area contributed by atoms with Crippen molar-refractivity contribution in [2.24, 2.45) is 0 Å². The molecule has 2 aromatic rings. The fraction of sp³-hybridized carbons (Fsp3) is 0.125. The van der Waals surface area contributed by atoms with E-state index in [4.69, 9.17) is 0 Å². The number of fused-ring (bicyclic) bond motifs is 1. The third kappa shape index (κ3) is 1.84. The second-order valence-corrected chi connectivity index (χ2v) is 4.44. The number of hydrogen-bond acceptors (Lipinski definition) is 1. The Labute approximate surface area is 102 Å². The Morgan fingerprint density at radius 1 is 1.00 bits per heavy atom. The lowest BCUT2D eigenvalue weighted by Gasteiger charge is -2.18. The lowest BCUT2D eigenvalue weighted by atomic mass is 9.97. The number of benzene rings is 2. The zero-order chi connectivity index (χ0) is 11.7. The molecule has 0 radical (unpaired) electrons. The van der Waals surface area contributed by atoms with Crippen molar-refractivity contribution in [1.82, 2.24) is 4.90 Å². The zero-order valence-corrected chi connectivity index (χ0v) is 9.93. The molecular weight excluding hydrogens is 206 g/mol. The molecule has 0 saturated heterocycles. The Morgan fingerprint density at radius 2 is 1.82 bits per heavy atom. The molecule has 3 rings (SSSR count). The monoisotopic (exact) mass is 221 g/mol. The van der Waals surface area contributed by atoms with E-state index < -0.39 is 0 Å². The Kier molecular flexibility index (Phi) is 2.45. The average Bonchev–Trinajstić information content (AvgIpc) is 2.39. The van der Waals surface area contributed by atoms with Crippen LogP contribution in [-0.2, 0) is 0 Å². The molecule has 0 amide bonds. The van der Waals surface area contributed by atoms with Gasteiger partial charge in [0.2, 0.25) is 0 Å². The minimum absolute atomic E-state index is 0.981. The predicted octanol–water partition coefficient (Wildman–Crippen LogP) is 3.68. The van der Waals surface area contributed by atoms with E-state index in [1.54, 1.807) is 0 Å². The minimum Gasteiger partial charge on any atom is -0.377 e. The maximum Gasteiger partial charge on any atom is 0.0359 e. The zero-order valence-electron chi connectivity index (χ0n) is 9.93. The third-order valence-corrected chi connectivity index (χ3v) is 3.21. The molecule has 0 aliphatic carbocycles. The van der Waals surface area contributed by atoms with Crippen molar-refractivity contribution in [1.29, 1.82) is 0 Å². The summed E-state index contributed by atoms with van der Waals surface area (Å²) in [5.41, 5.74) is 2.65. The first-order valence-electron chi connectivity index (χ1n) is 5.91. The molecule has 0 saturated carbocycles. The molecule has 0 atom stereocenters. The molecule has 84 valence electrons. The van der Waals surface area contributed by atoms with Gasteiger partial charge in [-0.2, -0.15) is 0 Å². The fourth-order valence-electron chi connectivity index (χ4n) is 2.26. The molecule has 0 fully saturated rings. The van der Waals surface area contributed by atoms with Crippen molar-refractivity contribution >= 4 is 16.3 Å². The third-order valence-electron chi connectivity index (χ3n) is 3.21. The lowest BCUT2D eigenvalue weighted by Crippen LogP contribution is -2.13. The summed E-state index contributed by atoms with van der Waals surface area (Å²) >= 11 is 0. The van der Waals surface area contributed by atoms with Crippen LogP contribution in [0, 0.1) is 0 Å². The van der Waals surface area contributed by atoms with Crippen LogP contribution in [0.15, 0.2) is 60.8 Å². The highest BCUT2D eigenvalue weighted by Crippen LogP contribution is 2.27. The quantitative estimate of drug-likeness (QED) is 0.710. The van der Waals surface area contributed by atoms with E-state index in [-0.39, 0.29) is 0 Å². The minimum atomic E-state index is 0.981. The van der Waals surface area contributed by atoms with Crippen molar-refractivity contribution in [2.45, 2.75) is 0 Å². The second-order valence-electron chi connectivity index (χ2n) is 4.44. The van der Waals surface area contributed by atoms with Crippen LogP contribution in [0.4, 0.5) is 0 Å². The molecule has 0 bridgehead atoms. The Hall–Kier alpha value is -2.02. The van der Waals surface area contributed by atoms with E-state index in [0.29, 0.717) is 0 Å². The molecule has 0 unspecified atom stereocenters. The highest BCUT2D eigenvalue weighted by atomic mass is 15.1. The summed E-state index contributed by atoms with van der Waals surface area (Å²) in [6.45, 7) is 0.981. The van der Waals surface area contributed by atoms with Crippen molar-refractivity contribution in [2.75, 3.05) is 13.6 Å². The Balaban J connectivity index is 2.15. The normalized spacial score (nSPS) is 15.1. The van der Waals surface area contributed by atoms with E-state index in [9.17, 15) is 0 Å². The smallest absolute Gasteiger partial charge is 0.0359 e. The van der Waals surface area contributed by atoms with Gasteiger partial charge in [0.1, 0.15) is 0 Å². The highest BCUT2D eigenvalue weighted by Gasteiger charge is 2.06. The van der Waals surface area contributed by atoms with Gasteiger partial charge in [0.25, 0.3) is 0 Å². The lowest BCUT2D eigenvalue weighted by molar-refractivity contribution is 0.506. The summed E-state index contributed by atoms with van der Waals surface area (Å²) in [6, 6.07) is 15.0. The maximum absolute atomic E-state index is 2.28. The average molecular weight is 221 g/mol. The van der Waals surface area contributed by atoms with E-state index in [0.717, 1.165) is 6.54 Å². The molecule has 1 nitrogen and oxygen atoms in total. The van der Waals surface area contributed by atoms with Crippen LogP contribution in [0.3, 0.4) is 0 Å². The molecule has 0 N–H and O–H groups in total. The molecule has 0 spiro atoms. The van der Waals surface area contributed by atoms with E-state index >= 15 is 0 Å². The molecular formula is C16H15N. The molecule has 1 aliphatic rings. The van der Waals surface area contributed by atoms with Gasteiger partial charge >= 0.3 is 0 Å². The van der Waals surface area contributed by atoms with Gasteiger partial charge in [0.05, 0.1) is 0 Å². The topological polar surface area (TPSA) is 3.24 Å². The number of allylic oxidation sites excluding steroid dienone is 2. The molecule has 0 aromatic heterocycles. The van der Waals surface area contributed by atoms with Crippen LogP contribution in [0.5, 0.6) is 0 Å². The first kappa shape index (κ1) is 10.2. The molecule has 1 heteroatoms. The van der Waals surface area contributed by atoms with Crippen LogP contribution >= 0.6 is 0 Å². The van der Waals surface area contributed by atoms with Crippen LogP contribution in [0.2, 0.25) is 0 Å². The van der Waals surface area contributed by atoms with Gasteiger partial charge in [-0.3, -0.25) is 0 Å². The highest BCUT2D eigenvalue weighted by molar-refractivity contribution is 5.96. The number of likely N-dealkylation sites (N-methyl/N-ethyl adjacent to an activating group) is 1. The van der Waals surface area contributed by atoms with E-state index in [2.05, 4.69) is 72.8 Å². The van der Waals surface area contributed by atoms with Crippen LogP contribution in [-0.4, -0.2) is 18.5 Å². The standard InChI is InChI=1S/C16H15N/c1-17-11-9-14(10-12-17)16-8-4-6-13-5-2-3-7-15(13)16/h2-11H,12H2,1H3. The summed E-state index contributed by atoms with van der Waals surface area (Å²) in [5.74, 6) is 0. The molecule has 1 heterocycles. The number of hydrogen-bond donors (Lipinski definition) is 0. The van der Waals surface area contributed by atoms with Gasteiger partial charge in [0, 0.05) is 13.6 Å². The SMILES string of the molecule is CN1C=CC(c2cccc3ccccc23)=CC1. The van der Waals surface area contributed by atoms with Gasteiger partial charge in [-0.25, -0.2) is 0 Å². The van der Waals surface area contributed by atoms with Crippen LogP contribution in [0.1, 0.15) is 5.56 Å². The molecule has 1 aliphatic heterocycles. The first-order valence-corrected chi connectivity index (χ1v) is 5.91. The van der Waals surface area contributed by atoms with Gasteiger partial charge in [-0.1, -0.05) is 48.5 Å². The van der Waals surface area contributed by atoms with Gasteiger partial charge < -0.3 is 4.90 Å². The molecule has 2 aromatic carbocycles.